The molecule has 0 aromatic carbocycles. The Balaban J connectivity index is 2.15. The number of rotatable bonds is 2. The van der Waals surface area contributed by atoms with Crippen molar-refractivity contribution in [3.8, 4) is 0 Å². The molecule has 2 aliphatic carbocycles. The minimum Gasteiger partial charge on any atom is -0.330 e. The molecule has 0 aliphatic heterocycles. The molecule has 2 rings (SSSR count). The third-order valence-electron chi connectivity index (χ3n) is 4.22. The second-order valence-electron chi connectivity index (χ2n) is 4.49. The molecule has 0 radical (unpaired) electrons. The first kappa shape index (κ1) is 7.60. The molecular weight excluding hydrogens is 134 g/mol. The molecule has 0 aromatic rings. The second kappa shape index (κ2) is 2.48. The van der Waals surface area contributed by atoms with Crippen molar-refractivity contribution < 1.29 is 0 Å². The zero-order valence-electron chi connectivity index (χ0n) is 7.47. The lowest BCUT2D eigenvalue weighted by atomic mass is 9.73. The van der Waals surface area contributed by atoms with Gasteiger partial charge in [-0.15, -0.1) is 0 Å². The van der Waals surface area contributed by atoms with Crippen molar-refractivity contribution in [1.29, 1.82) is 0 Å². The summed E-state index contributed by atoms with van der Waals surface area (Å²) in [5.41, 5.74) is 6.47. The van der Waals surface area contributed by atoms with E-state index >= 15 is 0 Å². The van der Waals surface area contributed by atoms with Crippen molar-refractivity contribution >= 4 is 0 Å². The van der Waals surface area contributed by atoms with Gasteiger partial charge in [-0.25, -0.2) is 0 Å². The summed E-state index contributed by atoms with van der Waals surface area (Å²) < 4.78 is 0. The van der Waals surface area contributed by atoms with Gasteiger partial charge in [-0.05, 0) is 49.5 Å². The minimum absolute atomic E-state index is 0.694. The summed E-state index contributed by atoms with van der Waals surface area (Å²) >= 11 is 0. The number of hydrogen-bond acceptors (Lipinski definition) is 1. The topological polar surface area (TPSA) is 26.0 Å². The summed E-state index contributed by atoms with van der Waals surface area (Å²) in [5.74, 6) is 1.91. The molecule has 2 saturated carbocycles. The van der Waals surface area contributed by atoms with Crippen LogP contribution in [0.1, 0.15) is 39.0 Å². The van der Waals surface area contributed by atoms with Crippen LogP contribution in [-0.2, 0) is 0 Å². The van der Waals surface area contributed by atoms with Crippen molar-refractivity contribution in [3.05, 3.63) is 0 Å². The summed E-state index contributed by atoms with van der Waals surface area (Å²) in [6.45, 7) is 3.28. The first-order valence-corrected chi connectivity index (χ1v) is 5.01. The van der Waals surface area contributed by atoms with Crippen molar-refractivity contribution in [2.24, 2.45) is 23.0 Å². The van der Waals surface area contributed by atoms with E-state index in [0.717, 1.165) is 18.4 Å². The quantitative estimate of drug-likeness (QED) is 0.646. The van der Waals surface area contributed by atoms with E-state index in [2.05, 4.69) is 6.92 Å². The van der Waals surface area contributed by atoms with Gasteiger partial charge in [0.15, 0.2) is 0 Å². The zero-order chi connectivity index (χ0) is 7.90. The van der Waals surface area contributed by atoms with Crippen LogP contribution in [-0.4, -0.2) is 6.54 Å². The molecule has 2 fully saturated rings. The summed E-state index contributed by atoms with van der Waals surface area (Å²) in [5, 5.41) is 0. The van der Waals surface area contributed by atoms with Crippen LogP contribution >= 0.6 is 0 Å². The van der Waals surface area contributed by atoms with E-state index in [0.29, 0.717) is 5.41 Å². The highest BCUT2D eigenvalue weighted by atomic mass is 14.6. The summed E-state index contributed by atoms with van der Waals surface area (Å²) in [6.07, 6.45) is 7.25. The molecule has 1 heteroatoms. The molecule has 3 unspecified atom stereocenters. The summed E-state index contributed by atoms with van der Waals surface area (Å²) in [7, 11) is 0. The van der Waals surface area contributed by atoms with E-state index < -0.39 is 0 Å². The minimum atomic E-state index is 0.694. The lowest BCUT2D eigenvalue weighted by molar-refractivity contribution is 0.182. The smallest absolute Gasteiger partial charge is 0.00435 e. The van der Waals surface area contributed by atoms with Gasteiger partial charge in [0.05, 0.1) is 0 Å². The zero-order valence-corrected chi connectivity index (χ0v) is 7.47. The predicted molar refractivity (Wildman–Crippen MR) is 47.2 cm³/mol. The monoisotopic (exact) mass is 153 g/mol. The van der Waals surface area contributed by atoms with Gasteiger partial charge in [-0.2, -0.15) is 0 Å². The van der Waals surface area contributed by atoms with E-state index in [4.69, 9.17) is 5.73 Å². The van der Waals surface area contributed by atoms with Crippen LogP contribution in [0.2, 0.25) is 0 Å². The molecule has 2 aliphatic rings. The molecule has 0 spiro atoms. The van der Waals surface area contributed by atoms with Gasteiger partial charge >= 0.3 is 0 Å². The van der Waals surface area contributed by atoms with Gasteiger partial charge in [-0.3, -0.25) is 0 Å². The highest BCUT2D eigenvalue weighted by Crippen LogP contribution is 2.58. The Morgan fingerprint density at radius 2 is 2.36 bits per heavy atom. The van der Waals surface area contributed by atoms with Crippen molar-refractivity contribution in [2.45, 2.75) is 39.0 Å². The van der Waals surface area contributed by atoms with Crippen LogP contribution in [0.4, 0.5) is 0 Å². The van der Waals surface area contributed by atoms with E-state index in [1.807, 2.05) is 0 Å². The largest absolute Gasteiger partial charge is 0.330 e. The van der Waals surface area contributed by atoms with Gasteiger partial charge in [0.2, 0.25) is 0 Å². The third-order valence-corrected chi connectivity index (χ3v) is 4.22. The molecule has 11 heavy (non-hydrogen) atoms. The highest BCUT2D eigenvalue weighted by Gasteiger charge is 2.49. The molecule has 0 heterocycles. The van der Waals surface area contributed by atoms with E-state index in [9.17, 15) is 0 Å². The molecule has 2 bridgehead atoms. The maximum Gasteiger partial charge on any atom is -0.00435 e. The molecule has 0 saturated heterocycles. The lowest BCUT2D eigenvalue weighted by Gasteiger charge is -2.33. The van der Waals surface area contributed by atoms with Crippen molar-refractivity contribution in [2.75, 3.05) is 6.54 Å². The van der Waals surface area contributed by atoms with Gasteiger partial charge in [0, 0.05) is 0 Å². The Bertz CT molecular complexity index is 155. The fraction of sp³-hybridized carbons (Fsp3) is 1.00. The highest BCUT2D eigenvalue weighted by molar-refractivity contribution is 5.00. The Kier molecular flexibility index (Phi) is 1.71. The van der Waals surface area contributed by atoms with Crippen molar-refractivity contribution in [1.82, 2.24) is 0 Å². The molecule has 64 valence electrons. The van der Waals surface area contributed by atoms with Crippen LogP contribution in [0, 0.1) is 17.3 Å². The maximum atomic E-state index is 5.78. The average Bonchev–Trinajstić information content (AvgIpc) is 2.60. The Labute approximate surface area is 69.4 Å². The number of hydrogen-bond donors (Lipinski definition) is 1. The van der Waals surface area contributed by atoms with Crippen LogP contribution < -0.4 is 5.73 Å². The van der Waals surface area contributed by atoms with E-state index in [-0.39, 0.29) is 0 Å². The van der Waals surface area contributed by atoms with Crippen molar-refractivity contribution in [3.63, 3.8) is 0 Å². The van der Waals surface area contributed by atoms with Gasteiger partial charge in [0.1, 0.15) is 0 Å². The summed E-state index contributed by atoms with van der Waals surface area (Å²) in [4.78, 5) is 0. The van der Waals surface area contributed by atoms with Crippen LogP contribution in [0.15, 0.2) is 0 Å². The molecule has 0 aromatic heterocycles. The maximum absolute atomic E-state index is 5.78. The SMILES string of the molecule is CCC12CCC(CC1CN)C2. The third kappa shape index (κ3) is 0.936. The van der Waals surface area contributed by atoms with Crippen LogP contribution in [0.5, 0.6) is 0 Å². The molecule has 3 atom stereocenters. The molecule has 0 amide bonds. The Hall–Kier alpha value is -0.0400. The Morgan fingerprint density at radius 3 is 2.82 bits per heavy atom. The average molecular weight is 153 g/mol. The summed E-state index contributed by atoms with van der Waals surface area (Å²) in [6, 6.07) is 0. The first-order chi connectivity index (χ1) is 5.30. The fourth-order valence-electron chi connectivity index (χ4n) is 3.45. The standard InChI is InChI=1S/C10H19N/c1-2-10-4-3-8(6-10)5-9(10)7-11/h8-9H,2-7,11H2,1H3. The fourth-order valence-corrected chi connectivity index (χ4v) is 3.45. The normalized spacial score (nSPS) is 48.5. The van der Waals surface area contributed by atoms with Crippen LogP contribution in [0.25, 0.3) is 0 Å². The second-order valence-corrected chi connectivity index (χ2v) is 4.49. The number of fused-ring (bicyclic) bond motifs is 2. The van der Waals surface area contributed by atoms with Crippen LogP contribution in [0.3, 0.4) is 0 Å². The molecule has 1 nitrogen and oxygen atoms in total. The van der Waals surface area contributed by atoms with Gasteiger partial charge < -0.3 is 5.73 Å². The lowest BCUT2D eigenvalue weighted by Crippen LogP contribution is -2.30. The van der Waals surface area contributed by atoms with Gasteiger partial charge in [0.25, 0.3) is 0 Å². The molecule has 2 N–H and O–H groups in total. The number of nitrogens with two attached hydrogens (primary N) is 1. The first-order valence-electron chi connectivity index (χ1n) is 5.01. The van der Waals surface area contributed by atoms with E-state index in [1.165, 1.54) is 32.1 Å². The molecular formula is C10H19N. The van der Waals surface area contributed by atoms with Gasteiger partial charge in [-0.1, -0.05) is 13.3 Å². The predicted octanol–water partition coefficient (Wildman–Crippen LogP) is 2.16. The van der Waals surface area contributed by atoms with E-state index in [1.54, 1.807) is 0 Å². The Morgan fingerprint density at radius 1 is 1.55 bits per heavy atom.